The van der Waals surface area contributed by atoms with Crippen LogP contribution in [0.25, 0.3) is 0 Å². The van der Waals surface area contributed by atoms with Crippen molar-refractivity contribution in [2.24, 2.45) is 0 Å². The van der Waals surface area contributed by atoms with Gasteiger partial charge in [-0.1, -0.05) is 18.5 Å². The molecule has 0 aliphatic carbocycles. The zero-order valence-corrected chi connectivity index (χ0v) is 9.71. The summed E-state index contributed by atoms with van der Waals surface area (Å²) >= 11 is 6.02. The van der Waals surface area contributed by atoms with E-state index in [1.807, 2.05) is 17.8 Å². The van der Waals surface area contributed by atoms with Crippen LogP contribution in [0.3, 0.4) is 0 Å². The molecule has 80 valence electrons. The van der Waals surface area contributed by atoms with Crippen molar-refractivity contribution in [2.75, 3.05) is 6.61 Å². The lowest BCUT2D eigenvalue weighted by Crippen LogP contribution is -2.05. The zero-order valence-electron chi connectivity index (χ0n) is 8.96. The lowest BCUT2D eigenvalue weighted by atomic mass is 10.3. The van der Waals surface area contributed by atoms with Crippen LogP contribution in [0.5, 0.6) is 0 Å². The van der Waals surface area contributed by atoms with Crippen LogP contribution in [0.2, 0.25) is 5.02 Å². The van der Waals surface area contributed by atoms with Gasteiger partial charge < -0.3 is 4.74 Å². The summed E-state index contributed by atoms with van der Waals surface area (Å²) < 4.78 is 7.17. The Kier molecular flexibility index (Phi) is 4.42. The van der Waals surface area contributed by atoms with Crippen LogP contribution >= 0.6 is 11.6 Å². The minimum Gasteiger partial charge on any atom is -0.375 e. The standard InChI is InChI=1S/C10H17ClN2O/c1-4-8(3)13-6-9(11)10(12-13)7-14-5-2/h6,8H,4-5,7H2,1-3H3/t8-/m0/s1. The van der Waals surface area contributed by atoms with Gasteiger partial charge in [0, 0.05) is 18.8 Å². The van der Waals surface area contributed by atoms with Crippen molar-refractivity contribution in [1.29, 1.82) is 0 Å². The highest BCUT2D eigenvalue weighted by molar-refractivity contribution is 6.31. The largest absolute Gasteiger partial charge is 0.375 e. The molecule has 4 heteroatoms. The molecule has 0 saturated carbocycles. The normalized spacial score (nSPS) is 13.1. The highest BCUT2D eigenvalue weighted by Crippen LogP contribution is 2.18. The second-order valence-corrected chi connectivity index (χ2v) is 3.71. The van der Waals surface area contributed by atoms with Crippen molar-refractivity contribution in [3.8, 4) is 0 Å². The van der Waals surface area contributed by atoms with Gasteiger partial charge in [-0.25, -0.2) is 0 Å². The van der Waals surface area contributed by atoms with Gasteiger partial charge >= 0.3 is 0 Å². The van der Waals surface area contributed by atoms with E-state index in [1.165, 1.54) is 0 Å². The van der Waals surface area contributed by atoms with Crippen molar-refractivity contribution >= 4 is 11.6 Å². The van der Waals surface area contributed by atoms with Gasteiger partial charge in [-0.2, -0.15) is 5.10 Å². The van der Waals surface area contributed by atoms with Crippen LogP contribution in [0, 0.1) is 0 Å². The predicted octanol–water partition coefficient (Wildman–Crippen LogP) is 3.04. The van der Waals surface area contributed by atoms with Crippen molar-refractivity contribution in [2.45, 2.75) is 39.8 Å². The Hall–Kier alpha value is -0.540. The molecule has 0 spiro atoms. The van der Waals surface area contributed by atoms with E-state index in [1.54, 1.807) is 0 Å². The number of ether oxygens (including phenoxy) is 1. The van der Waals surface area contributed by atoms with Crippen LogP contribution in [-0.4, -0.2) is 16.4 Å². The first kappa shape index (κ1) is 11.5. The van der Waals surface area contributed by atoms with E-state index in [0.717, 1.165) is 12.1 Å². The van der Waals surface area contributed by atoms with E-state index in [4.69, 9.17) is 16.3 Å². The van der Waals surface area contributed by atoms with E-state index in [2.05, 4.69) is 18.9 Å². The van der Waals surface area contributed by atoms with Gasteiger partial charge in [-0.3, -0.25) is 4.68 Å². The van der Waals surface area contributed by atoms with Crippen molar-refractivity contribution in [1.82, 2.24) is 9.78 Å². The van der Waals surface area contributed by atoms with Crippen LogP contribution in [0.4, 0.5) is 0 Å². The molecule has 0 fully saturated rings. The molecule has 0 radical (unpaired) electrons. The lowest BCUT2D eigenvalue weighted by Gasteiger charge is -2.07. The van der Waals surface area contributed by atoms with Crippen molar-refractivity contribution in [3.05, 3.63) is 16.9 Å². The number of hydrogen-bond acceptors (Lipinski definition) is 2. The number of aromatic nitrogens is 2. The Labute approximate surface area is 90.0 Å². The second-order valence-electron chi connectivity index (χ2n) is 3.30. The molecule has 1 heterocycles. The topological polar surface area (TPSA) is 27.1 Å². The fourth-order valence-electron chi connectivity index (χ4n) is 1.12. The number of nitrogens with zero attached hydrogens (tertiary/aromatic N) is 2. The van der Waals surface area contributed by atoms with Crippen LogP contribution < -0.4 is 0 Å². The average Bonchev–Trinajstić information content (AvgIpc) is 2.56. The second kappa shape index (κ2) is 5.37. The average molecular weight is 217 g/mol. The molecule has 0 aliphatic heterocycles. The maximum absolute atomic E-state index is 6.02. The minimum atomic E-state index is 0.392. The lowest BCUT2D eigenvalue weighted by molar-refractivity contribution is 0.130. The molecule has 1 aromatic heterocycles. The van der Waals surface area contributed by atoms with E-state index in [-0.39, 0.29) is 0 Å². The summed E-state index contributed by atoms with van der Waals surface area (Å²) in [7, 11) is 0. The van der Waals surface area contributed by atoms with E-state index < -0.39 is 0 Å². The van der Waals surface area contributed by atoms with Gasteiger partial charge in [0.2, 0.25) is 0 Å². The molecule has 0 amide bonds. The smallest absolute Gasteiger partial charge is 0.107 e. The van der Waals surface area contributed by atoms with Gasteiger partial charge in [0.05, 0.1) is 11.6 Å². The molecule has 14 heavy (non-hydrogen) atoms. The monoisotopic (exact) mass is 216 g/mol. The summed E-state index contributed by atoms with van der Waals surface area (Å²) in [5.74, 6) is 0. The number of rotatable bonds is 5. The van der Waals surface area contributed by atoms with E-state index >= 15 is 0 Å². The highest BCUT2D eigenvalue weighted by Gasteiger charge is 2.09. The maximum Gasteiger partial charge on any atom is 0.107 e. The Morgan fingerprint density at radius 3 is 2.86 bits per heavy atom. The summed E-state index contributed by atoms with van der Waals surface area (Å²) in [6.07, 6.45) is 2.91. The first-order chi connectivity index (χ1) is 6.69. The van der Waals surface area contributed by atoms with Crippen molar-refractivity contribution < 1.29 is 4.74 Å². The highest BCUT2D eigenvalue weighted by atomic mass is 35.5. The zero-order chi connectivity index (χ0) is 10.6. The summed E-state index contributed by atoms with van der Waals surface area (Å²) in [6.45, 7) is 7.39. The summed E-state index contributed by atoms with van der Waals surface area (Å²) in [5.41, 5.74) is 0.828. The maximum atomic E-state index is 6.02. The third-order valence-corrected chi connectivity index (χ3v) is 2.56. The van der Waals surface area contributed by atoms with E-state index in [0.29, 0.717) is 24.3 Å². The third-order valence-electron chi connectivity index (χ3n) is 2.24. The fraction of sp³-hybridized carbons (Fsp3) is 0.700. The molecule has 0 aromatic carbocycles. The SMILES string of the molecule is CCOCc1nn([C@@H](C)CC)cc1Cl. The summed E-state index contributed by atoms with van der Waals surface area (Å²) in [6, 6.07) is 0.392. The molecular weight excluding hydrogens is 200 g/mol. The number of halogens is 1. The van der Waals surface area contributed by atoms with Gasteiger partial charge in [-0.05, 0) is 20.3 Å². The molecule has 0 unspecified atom stereocenters. The van der Waals surface area contributed by atoms with Gasteiger partial charge in [0.25, 0.3) is 0 Å². The Morgan fingerprint density at radius 1 is 1.57 bits per heavy atom. The number of hydrogen-bond donors (Lipinski definition) is 0. The van der Waals surface area contributed by atoms with Gasteiger partial charge in [-0.15, -0.1) is 0 Å². The fourth-order valence-corrected chi connectivity index (χ4v) is 1.31. The Morgan fingerprint density at radius 2 is 2.29 bits per heavy atom. The molecule has 0 aliphatic rings. The molecule has 1 rings (SSSR count). The quantitative estimate of drug-likeness (QED) is 0.757. The molecule has 1 aromatic rings. The van der Waals surface area contributed by atoms with Gasteiger partial charge in [0.1, 0.15) is 5.69 Å². The predicted molar refractivity (Wildman–Crippen MR) is 57.6 cm³/mol. The Bertz CT molecular complexity index is 286. The van der Waals surface area contributed by atoms with Crippen LogP contribution in [0.15, 0.2) is 6.20 Å². The summed E-state index contributed by atoms with van der Waals surface area (Å²) in [4.78, 5) is 0. The molecular formula is C10H17ClN2O. The Balaban J connectivity index is 2.71. The molecule has 3 nitrogen and oxygen atoms in total. The van der Waals surface area contributed by atoms with Crippen LogP contribution in [-0.2, 0) is 11.3 Å². The first-order valence-electron chi connectivity index (χ1n) is 5.00. The van der Waals surface area contributed by atoms with Crippen LogP contribution in [0.1, 0.15) is 38.9 Å². The molecule has 0 N–H and O–H groups in total. The molecule has 1 atom stereocenters. The summed E-state index contributed by atoms with van der Waals surface area (Å²) in [5, 5.41) is 5.07. The van der Waals surface area contributed by atoms with Crippen molar-refractivity contribution in [3.63, 3.8) is 0 Å². The minimum absolute atomic E-state index is 0.392. The molecule has 0 bridgehead atoms. The van der Waals surface area contributed by atoms with E-state index in [9.17, 15) is 0 Å². The third kappa shape index (κ3) is 2.72. The molecule has 0 saturated heterocycles. The van der Waals surface area contributed by atoms with Gasteiger partial charge in [0.15, 0.2) is 0 Å². The first-order valence-corrected chi connectivity index (χ1v) is 5.38.